The molecule has 6 heteroatoms. The van der Waals surface area contributed by atoms with Crippen molar-refractivity contribution in [2.75, 3.05) is 0 Å². The van der Waals surface area contributed by atoms with Crippen molar-refractivity contribution in [1.29, 1.82) is 0 Å². The molecule has 2 rings (SSSR count). The first kappa shape index (κ1) is 12.2. The summed E-state index contributed by atoms with van der Waals surface area (Å²) in [7, 11) is 0. The van der Waals surface area contributed by atoms with Crippen molar-refractivity contribution in [2.24, 2.45) is 0 Å². The van der Waals surface area contributed by atoms with Gasteiger partial charge in [0.15, 0.2) is 0 Å². The minimum atomic E-state index is -0.473. The number of benzene rings is 1. The lowest BCUT2D eigenvalue weighted by atomic mass is 10.2. The van der Waals surface area contributed by atoms with Gasteiger partial charge in [0, 0.05) is 12.1 Å². The summed E-state index contributed by atoms with van der Waals surface area (Å²) in [5.74, 6) is -0.560. The van der Waals surface area contributed by atoms with Gasteiger partial charge < -0.3 is 5.32 Å². The first-order valence-corrected chi connectivity index (χ1v) is 5.53. The molecule has 0 saturated heterocycles. The predicted octanol–water partition coefficient (Wildman–Crippen LogP) is 1.29. The van der Waals surface area contributed by atoms with Gasteiger partial charge in [0.2, 0.25) is 5.91 Å². The number of hydrogen-bond donors (Lipinski definition) is 1. The van der Waals surface area contributed by atoms with Gasteiger partial charge in [-0.3, -0.25) is 4.79 Å². The van der Waals surface area contributed by atoms with E-state index >= 15 is 0 Å². The molecule has 0 aliphatic heterocycles. The largest absolute Gasteiger partial charge is 0.350 e. The van der Waals surface area contributed by atoms with Gasteiger partial charge in [-0.05, 0) is 13.0 Å². The molecule has 0 bridgehead atoms. The van der Waals surface area contributed by atoms with Crippen LogP contribution in [0.5, 0.6) is 0 Å². The highest BCUT2D eigenvalue weighted by molar-refractivity contribution is 5.79. The van der Waals surface area contributed by atoms with E-state index in [-0.39, 0.29) is 18.3 Å². The van der Waals surface area contributed by atoms with Crippen molar-refractivity contribution in [2.45, 2.75) is 19.5 Å². The van der Waals surface area contributed by atoms with Crippen LogP contribution >= 0.6 is 0 Å². The molecule has 2 aromatic rings. The molecule has 0 fully saturated rings. The Kier molecular flexibility index (Phi) is 3.66. The number of nitrogens with zero attached hydrogens (tertiary/aromatic N) is 3. The highest BCUT2D eigenvalue weighted by Crippen LogP contribution is 2.07. The van der Waals surface area contributed by atoms with E-state index in [0.717, 1.165) is 0 Å². The topological polar surface area (TPSA) is 59.8 Å². The number of carbonyl (C=O) groups excluding carboxylic acids is 1. The number of rotatable bonds is 4. The summed E-state index contributed by atoms with van der Waals surface area (Å²) in [6, 6.07) is 5.86. The van der Waals surface area contributed by atoms with Crippen LogP contribution in [0.15, 0.2) is 36.9 Å². The van der Waals surface area contributed by atoms with Gasteiger partial charge in [0.25, 0.3) is 0 Å². The quantitative estimate of drug-likeness (QED) is 0.887. The first-order valence-electron chi connectivity index (χ1n) is 5.53. The number of halogens is 1. The summed E-state index contributed by atoms with van der Waals surface area (Å²) in [5.41, 5.74) is 0.455. The van der Waals surface area contributed by atoms with Gasteiger partial charge in [-0.25, -0.2) is 14.1 Å². The second-order valence-corrected chi connectivity index (χ2v) is 3.86. The average molecular weight is 248 g/mol. The zero-order chi connectivity index (χ0) is 13.0. The molecule has 18 heavy (non-hydrogen) atoms. The zero-order valence-electron chi connectivity index (χ0n) is 9.88. The van der Waals surface area contributed by atoms with Crippen LogP contribution in [0.25, 0.3) is 0 Å². The summed E-state index contributed by atoms with van der Waals surface area (Å²) in [6.07, 6.45) is 2.83. The van der Waals surface area contributed by atoms with E-state index in [0.29, 0.717) is 5.56 Å². The average Bonchev–Trinajstić information content (AvgIpc) is 2.90. The molecule has 5 nitrogen and oxygen atoms in total. The Balaban J connectivity index is 1.95. The maximum atomic E-state index is 13.3. The smallest absolute Gasteiger partial charge is 0.244 e. The summed E-state index contributed by atoms with van der Waals surface area (Å²) in [4.78, 5) is 15.6. The Morgan fingerprint density at radius 3 is 2.94 bits per heavy atom. The van der Waals surface area contributed by atoms with Crippen LogP contribution in [0.1, 0.15) is 18.5 Å². The molecule has 1 amide bonds. The molecular formula is C12H13FN4O. The third kappa shape index (κ3) is 2.71. The molecule has 0 saturated carbocycles. The van der Waals surface area contributed by atoms with Crippen LogP contribution < -0.4 is 5.32 Å². The van der Waals surface area contributed by atoms with Crippen LogP contribution in [-0.2, 0) is 11.3 Å². The molecule has 0 spiro atoms. The Morgan fingerprint density at radius 1 is 1.50 bits per heavy atom. The highest BCUT2D eigenvalue weighted by Gasteiger charge is 2.15. The molecule has 1 heterocycles. The second-order valence-electron chi connectivity index (χ2n) is 3.86. The first-order chi connectivity index (χ1) is 8.68. The Morgan fingerprint density at radius 2 is 2.28 bits per heavy atom. The standard InChI is InChI=1S/C12H13FN4O/c1-9(17-8-14-7-16-17)12(18)15-6-10-4-2-3-5-11(10)13/h2-5,7-9H,6H2,1H3,(H,15,18)/t9-/m1/s1. The van der Waals surface area contributed by atoms with Crippen molar-refractivity contribution in [3.63, 3.8) is 0 Å². The van der Waals surface area contributed by atoms with E-state index in [1.165, 1.54) is 23.4 Å². The SMILES string of the molecule is C[C@H](C(=O)NCc1ccccc1F)n1cncn1. The fourth-order valence-corrected chi connectivity index (χ4v) is 1.51. The zero-order valence-corrected chi connectivity index (χ0v) is 9.88. The van der Waals surface area contributed by atoms with Crippen LogP contribution in [0, 0.1) is 5.82 Å². The molecular weight excluding hydrogens is 235 g/mol. The fourth-order valence-electron chi connectivity index (χ4n) is 1.51. The summed E-state index contributed by atoms with van der Waals surface area (Å²) in [6.45, 7) is 1.86. The van der Waals surface area contributed by atoms with E-state index in [4.69, 9.17) is 0 Å². The highest BCUT2D eigenvalue weighted by atomic mass is 19.1. The van der Waals surface area contributed by atoms with Crippen LogP contribution in [0.4, 0.5) is 4.39 Å². The maximum Gasteiger partial charge on any atom is 0.244 e. The molecule has 0 unspecified atom stereocenters. The van der Waals surface area contributed by atoms with Gasteiger partial charge in [-0.2, -0.15) is 5.10 Å². The summed E-state index contributed by atoms with van der Waals surface area (Å²) >= 11 is 0. The number of nitrogens with one attached hydrogen (secondary N) is 1. The molecule has 1 N–H and O–H groups in total. The predicted molar refractivity (Wildman–Crippen MR) is 63.0 cm³/mol. The molecule has 0 aliphatic carbocycles. The number of amides is 1. The van der Waals surface area contributed by atoms with Gasteiger partial charge >= 0.3 is 0 Å². The van der Waals surface area contributed by atoms with Crippen molar-refractivity contribution in [3.05, 3.63) is 48.3 Å². The third-order valence-corrected chi connectivity index (χ3v) is 2.62. The lowest BCUT2D eigenvalue weighted by molar-refractivity contribution is -0.124. The van der Waals surface area contributed by atoms with Crippen LogP contribution in [0.3, 0.4) is 0 Å². The monoisotopic (exact) mass is 248 g/mol. The lowest BCUT2D eigenvalue weighted by Crippen LogP contribution is -2.31. The van der Waals surface area contributed by atoms with Crippen LogP contribution in [-0.4, -0.2) is 20.7 Å². The van der Waals surface area contributed by atoms with Gasteiger partial charge in [-0.15, -0.1) is 0 Å². The third-order valence-electron chi connectivity index (χ3n) is 2.62. The number of hydrogen-bond acceptors (Lipinski definition) is 3. The van der Waals surface area contributed by atoms with Crippen molar-refractivity contribution in [3.8, 4) is 0 Å². The van der Waals surface area contributed by atoms with Gasteiger partial charge in [0.1, 0.15) is 24.5 Å². The van der Waals surface area contributed by atoms with Gasteiger partial charge in [0.05, 0.1) is 0 Å². The molecule has 94 valence electrons. The Labute approximate surface area is 104 Å². The van der Waals surface area contributed by atoms with E-state index in [1.54, 1.807) is 25.1 Å². The van der Waals surface area contributed by atoms with E-state index in [9.17, 15) is 9.18 Å². The van der Waals surface area contributed by atoms with E-state index < -0.39 is 6.04 Å². The fraction of sp³-hybridized carbons (Fsp3) is 0.250. The second kappa shape index (κ2) is 5.39. The minimum absolute atomic E-state index is 0.157. The van der Waals surface area contributed by atoms with Gasteiger partial charge in [-0.1, -0.05) is 18.2 Å². The van der Waals surface area contributed by atoms with Crippen LogP contribution in [0.2, 0.25) is 0 Å². The van der Waals surface area contributed by atoms with Crippen molar-refractivity contribution in [1.82, 2.24) is 20.1 Å². The van der Waals surface area contributed by atoms with E-state index in [2.05, 4.69) is 15.4 Å². The normalized spacial score (nSPS) is 12.1. The number of aromatic nitrogens is 3. The summed E-state index contributed by atoms with van der Waals surface area (Å²) in [5, 5.41) is 6.54. The molecule has 1 aromatic heterocycles. The number of carbonyl (C=O) groups is 1. The van der Waals surface area contributed by atoms with Crippen molar-refractivity contribution < 1.29 is 9.18 Å². The molecule has 0 radical (unpaired) electrons. The lowest BCUT2D eigenvalue weighted by Gasteiger charge is -2.12. The Hall–Kier alpha value is -2.24. The summed E-state index contributed by atoms with van der Waals surface area (Å²) < 4.78 is 14.8. The maximum absolute atomic E-state index is 13.3. The molecule has 1 atom stereocenters. The molecule has 1 aromatic carbocycles. The Bertz CT molecular complexity index is 527. The van der Waals surface area contributed by atoms with E-state index in [1.807, 2.05) is 0 Å². The minimum Gasteiger partial charge on any atom is -0.350 e. The van der Waals surface area contributed by atoms with Crippen molar-refractivity contribution >= 4 is 5.91 Å². The molecule has 0 aliphatic rings.